The van der Waals surface area contributed by atoms with Crippen LogP contribution in [0.25, 0.3) is 0 Å². The maximum atomic E-state index is 12.5. The number of benzene rings is 1. The topological polar surface area (TPSA) is 111 Å². The number of nitriles is 1. The molecule has 0 bridgehead atoms. The molecule has 1 saturated heterocycles. The molecule has 1 amide bonds. The number of sulfonamides is 1. The first kappa shape index (κ1) is 16.3. The molecule has 118 valence electrons. The summed E-state index contributed by atoms with van der Waals surface area (Å²) < 4.78 is 26.4. The Bertz CT molecular complexity index is 671. The van der Waals surface area contributed by atoms with Crippen LogP contribution in [0.3, 0.4) is 0 Å². The lowest BCUT2D eigenvalue weighted by atomic mass is 9.98. The van der Waals surface area contributed by atoms with Crippen molar-refractivity contribution in [1.82, 2.24) is 9.62 Å². The van der Waals surface area contributed by atoms with Crippen LogP contribution in [-0.4, -0.2) is 43.6 Å². The molecule has 0 unspecified atom stereocenters. The van der Waals surface area contributed by atoms with Gasteiger partial charge < -0.3 is 10.4 Å². The molecule has 0 saturated carbocycles. The summed E-state index contributed by atoms with van der Waals surface area (Å²) in [5.74, 6) is 0.156. The van der Waals surface area contributed by atoms with Crippen LogP contribution in [0.4, 0.5) is 4.79 Å². The molecule has 0 spiro atoms. The summed E-state index contributed by atoms with van der Waals surface area (Å²) in [5, 5.41) is 19.6. The van der Waals surface area contributed by atoms with Crippen molar-refractivity contribution in [1.29, 1.82) is 5.26 Å². The zero-order chi connectivity index (χ0) is 16.2. The average molecular weight is 323 g/mol. The van der Waals surface area contributed by atoms with Crippen molar-refractivity contribution in [2.24, 2.45) is 5.92 Å². The lowest BCUT2D eigenvalue weighted by Gasteiger charge is -2.31. The van der Waals surface area contributed by atoms with Gasteiger partial charge in [-0.05, 0) is 43.0 Å². The van der Waals surface area contributed by atoms with E-state index in [1.807, 2.05) is 6.07 Å². The standard InChI is InChI=1S/C14H17N3O4S/c15-9-11-1-3-13(4-2-11)22(20,21)17-7-5-12(6-8-17)10-16-14(18)19/h1-4,12,16H,5-8,10H2,(H,18,19). The molecule has 2 rings (SSSR count). The van der Waals surface area contributed by atoms with E-state index in [1.165, 1.54) is 28.6 Å². The lowest BCUT2D eigenvalue weighted by molar-refractivity contribution is 0.188. The highest BCUT2D eigenvalue weighted by Crippen LogP contribution is 2.23. The lowest BCUT2D eigenvalue weighted by Crippen LogP contribution is -2.41. The Morgan fingerprint density at radius 1 is 1.32 bits per heavy atom. The average Bonchev–Trinajstić information content (AvgIpc) is 2.53. The van der Waals surface area contributed by atoms with Crippen LogP contribution >= 0.6 is 0 Å². The van der Waals surface area contributed by atoms with Gasteiger partial charge >= 0.3 is 6.09 Å². The number of nitrogens with zero attached hydrogens (tertiary/aromatic N) is 2. The fourth-order valence-electron chi connectivity index (χ4n) is 2.44. The van der Waals surface area contributed by atoms with E-state index in [0.29, 0.717) is 38.0 Å². The van der Waals surface area contributed by atoms with Gasteiger partial charge in [0.05, 0.1) is 16.5 Å². The SMILES string of the molecule is N#Cc1ccc(S(=O)(=O)N2CCC(CNC(=O)O)CC2)cc1. The number of hydrogen-bond donors (Lipinski definition) is 2. The van der Waals surface area contributed by atoms with Gasteiger partial charge in [0, 0.05) is 19.6 Å². The van der Waals surface area contributed by atoms with Gasteiger partial charge in [0.25, 0.3) is 0 Å². The summed E-state index contributed by atoms with van der Waals surface area (Å²) in [6.45, 7) is 1.09. The number of hydrogen-bond acceptors (Lipinski definition) is 4. The summed E-state index contributed by atoms with van der Waals surface area (Å²) in [4.78, 5) is 10.6. The minimum atomic E-state index is -3.55. The quantitative estimate of drug-likeness (QED) is 0.865. The van der Waals surface area contributed by atoms with Crippen molar-refractivity contribution in [3.8, 4) is 6.07 Å². The van der Waals surface area contributed by atoms with E-state index < -0.39 is 16.1 Å². The Kier molecular flexibility index (Phi) is 5.00. The molecule has 8 heteroatoms. The number of nitrogens with one attached hydrogen (secondary N) is 1. The molecule has 0 aliphatic carbocycles. The first-order valence-electron chi connectivity index (χ1n) is 6.90. The molecule has 0 aromatic heterocycles. The van der Waals surface area contributed by atoms with Crippen molar-refractivity contribution in [2.75, 3.05) is 19.6 Å². The summed E-state index contributed by atoms with van der Waals surface area (Å²) >= 11 is 0. The molecule has 1 aromatic carbocycles. The molecule has 22 heavy (non-hydrogen) atoms. The monoisotopic (exact) mass is 323 g/mol. The molecule has 0 atom stereocenters. The van der Waals surface area contributed by atoms with E-state index >= 15 is 0 Å². The summed E-state index contributed by atoms with van der Waals surface area (Å²) in [5.41, 5.74) is 0.414. The molecular formula is C14H17N3O4S. The van der Waals surface area contributed by atoms with Gasteiger partial charge in [-0.15, -0.1) is 0 Å². The minimum absolute atomic E-state index is 0.156. The Morgan fingerprint density at radius 2 is 1.91 bits per heavy atom. The highest BCUT2D eigenvalue weighted by Gasteiger charge is 2.29. The molecular weight excluding hydrogens is 306 g/mol. The Hall–Kier alpha value is -2.11. The molecule has 7 nitrogen and oxygen atoms in total. The van der Waals surface area contributed by atoms with Gasteiger partial charge in [-0.1, -0.05) is 0 Å². The second-order valence-corrected chi connectivity index (χ2v) is 7.11. The van der Waals surface area contributed by atoms with E-state index in [1.54, 1.807) is 0 Å². The van der Waals surface area contributed by atoms with Crippen LogP contribution in [0.15, 0.2) is 29.2 Å². The summed E-state index contributed by atoms with van der Waals surface area (Å²) in [6.07, 6.45) is 0.179. The number of rotatable bonds is 4. The van der Waals surface area contributed by atoms with Gasteiger partial charge in [-0.3, -0.25) is 0 Å². The van der Waals surface area contributed by atoms with Crippen LogP contribution in [0.5, 0.6) is 0 Å². The van der Waals surface area contributed by atoms with Crippen LogP contribution in [-0.2, 0) is 10.0 Å². The van der Waals surface area contributed by atoms with Crippen molar-refractivity contribution in [2.45, 2.75) is 17.7 Å². The predicted molar refractivity (Wildman–Crippen MR) is 78.7 cm³/mol. The van der Waals surface area contributed by atoms with E-state index in [9.17, 15) is 13.2 Å². The predicted octanol–water partition coefficient (Wildman–Crippen LogP) is 1.23. The largest absolute Gasteiger partial charge is 0.465 e. The normalized spacial score (nSPS) is 16.9. The van der Waals surface area contributed by atoms with Gasteiger partial charge in [0.15, 0.2) is 0 Å². The number of piperidine rings is 1. The van der Waals surface area contributed by atoms with Gasteiger partial charge in [-0.2, -0.15) is 9.57 Å². The van der Waals surface area contributed by atoms with Crippen LogP contribution in [0.1, 0.15) is 18.4 Å². The molecule has 1 aliphatic heterocycles. The van der Waals surface area contributed by atoms with Gasteiger partial charge in [0.2, 0.25) is 10.0 Å². The van der Waals surface area contributed by atoms with E-state index in [2.05, 4.69) is 5.32 Å². The Labute approximate surface area is 129 Å². The summed E-state index contributed by atoms with van der Waals surface area (Å²) in [7, 11) is -3.55. The van der Waals surface area contributed by atoms with Crippen molar-refractivity contribution in [3.63, 3.8) is 0 Å². The van der Waals surface area contributed by atoms with Gasteiger partial charge in [0.1, 0.15) is 0 Å². The third kappa shape index (κ3) is 3.75. The third-order valence-corrected chi connectivity index (χ3v) is 5.65. The zero-order valence-corrected chi connectivity index (χ0v) is 12.7. The maximum Gasteiger partial charge on any atom is 0.404 e. The number of carbonyl (C=O) groups is 1. The highest BCUT2D eigenvalue weighted by atomic mass is 32.2. The second kappa shape index (κ2) is 6.77. The number of amides is 1. The minimum Gasteiger partial charge on any atom is -0.465 e. The molecule has 0 radical (unpaired) electrons. The third-order valence-electron chi connectivity index (χ3n) is 3.74. The van der Waals surface area contributed by atoms with Crippen LogP contribution in [0.2, 0.25) is 0 Å². The molecule has 1 heterocycles. The molecule has 1 fully saturated rings. The Morgan fingerprint density at radius 3 is 2.41 bits per heavy atom. The fraction of sp³-hybridized carbons (Fsp3) is 0.429. The maximum absolute atomic E-state index is 12.5. The van der Waals surface area contributed by atoms with E-state index in [0.717, 1.165) is 0 Å². The molecule has 1 aliphatic rings. The van der Waals surface area contributed by atoms with Crippen molar-refractivity contribution < 1.29 is 18.3 Å². The Balaban J connectivity index is 2.00. The van der Waals surface area contributed by atoms with Crippen LogP contribution < -0.4 is 5.32 Å². The molecule has 1 aromatic rings. The first-order valence-corrected chi connectivity index (χ1v) is 8.34. The highest BCUT2D eigenvalue weighted by molar-refractivity contribution is 7.89. The summed E-state index contributed by atoms with van der Waals surface area (Å²) in [6, 6.07) is 7.79. The first-order chi connectivity index (χ1) is 10.4. The zero-order valence-electron chi connectivity index (χ0n) is 11.9. The van der Waals surface area contributed by atoms with E-state index in [-0.39, 0.29) is 10.8 Å². The second-order valence-electron chi connectivity index (χ2n) is 5.17. The van der Waals surface area contributed by atoms with Gasteiger partial charge in [-0.25, -0.2) is 13.2 Å². The van der Waals surface area contributed by atoms with E-state index in [4.69, 9.17) is 10.4 Å². The smallest absolute Gasteiger partial charge is 0.404 e. The number of carboxylic acid groups (broad SMARTS) is 1. The molecule has 2 N–H and O–H groups in total. The van der Waals surface area contributed by atoms with Crippen molar-refractivity contribution >= 4 is 16.1 Å². The van der Waals surface area contributed by atoms with Crippen molar-refractivity contribution in [3.05, 3.63) is 29.8 Å². The fourth-order valence-corrected chi connectivity index (χ4v) is 3.91. The van der Waals surface area contributed by atoms with Crippen LogP contribution in [0, 0.1) is 17.2 Å².